The highest BCUT2D eigenvalue weighted by Crippen LogP contribution is 2.15. The van der Waals surface area contributed by atoms with E-state index in [0.717, 1.165) is 5.56 Å². The van der Waals surface area contributed by atoms with Crippen molar-refractivity contribution in [3.05, 3.63) is 34.9 Å². The fourth-order valence-electron chi connectivity index (χ4n) is 1.19. The molecular formula is C10H13F2NO. The maximum absolute atomic E-state index is 13.2. The van der Waals surface area contributed by atoms with E-state index < -0.39 is 11.6 Å². The summed E-state index contributed by atoms with van der Waals surface area (Å²) in [4.78, 5) is 4.58. The number of hydroxylamine groups is 1. The van der Waals surface area contributed by atoms with Crippen molar-refractivity contribution < 1.29 is 13.6 Å². The summed E-state index contributed by atoms with van der Waals surface area (Å²) in [5, 5.41) is 0. The van der Waals surface area contributed by atoms with Gasteiger partial charge in [-0.2, -0.15) is 5.48 Å². The Morgan fingerprint density at radius 1 is 1.36 bits per heavy atom. The standard InChI is InChI=1S/C10H13F2NO/c1-3-7-4-8(6-13-14-2)10(12)9(11)5-7/h4-5,13H,3,6H2,1-2H3. The molecule has 0 fully saturated rings. The van der Waals surface area contributed by atoms with Crippen LogP contribution in [0.2, 0.25) is 0 Å². The van der Waals surface area contributed by atoms with Gasteiger partial charge in [-0.1, -0.05) is 13.0 Å². The molecule has 0 aliphatic heterocycles. The third-order valence-electron chi connectivity index (χ3n) is 1.98. The molecule has 78 valence electrons. The second-order valence-corrected chi connectivity index (χ2v) is 2.93. The van der Waals surface area contributed by atoms with Crippen LogP contribution in [-0.4, -0.2) is 7.11 Å². The van der Waals surface area contributed by atoms with Gasteiger partial charge in [0.15, 0.2) is 11.6 Å². The van der Waals surface area contributed by atoms with Gasteiger partial charge in [-0.15, -0.1) is 0 Å². The summed E-state index contributed by atoms with van der Waals surface area (Å²) in [6.45, 7) is 2.05. The van der Waals surface area contributed by atoms with E-state index >= 15 is 0 Å². The third-order valence-corrected chi connectivity index (χ3v) is 1.98. The Morgan fingerprint density at radius 2 is 2.07 bits per heavy atom. The lowest BCUT2D eigenvalue weighted by Crippen LogP contribution is -2.13. The second kappa shape index (κ2) is 5.02. The molecule has 1 N–H and O–H groups in total. The normalized spacial score (nSPS) is 10.6. The molecule has 1 aromatic carbocycles. The number of aryl methyl sites for hydroxylation is 1. The van der Waals surface area contributed by atoms with E-state index in [2.05, 4.69) is 10.3 Å². The van der Waals surface area contributed by atoms with E-state index in [1.54, 1.807) is 6.07 Å². The first-order valence-electron chi connectivity index (χ1n) is 4.41. The van der Waals surface area contributed by atoms with Crippen LogP contribution in [0.1, 0.15) is 18.1 Å². The lowest BCUT2D eigenvalue weighted by Gasteiger charge is -2.06. The Labute approximate surface area is 81.8 Å². The number of hydrogen-bond acceptors (Lipinski definition) is 2. The van der Waals surface area contributed by atoms with Gasteiger partial charge in [0.25, 0.3) is 0 Å². The van der Waals surface area contributed by atoms with Gasteiger partial charge in [0.2, 0.25) is 0 Å². The molecule has 0 atom stereocenters. The van der Waals surface area contributed by atoms with Crippen molar-refractivity contribution >= 4 is 0 Å². The molecule has 0 aliphatic rings. The van der Waals surface area contributed by atoms with Crippen molar-refractivity contribution in [2.45, 2.75) is 19.9 Å². The van der Waals surface area contributed by atoms with E-state index in [0.29, 0.717) is 6.42 Å². The molecule has 0 aromatic heterocycles. The number of hydrogen-bond donors (Lipinski definition) is 1. The summed E-state index contributed by atoms with van der Waals surface area (Å²) < 4.78 is 26.2. The van der Waals surface area contributed by atoms with Gasteiger partial charge in [-0.3, -0.25) is 0 Å². The van der Waals surface area contributed by atoms with Crippen LogP contribution in [-0.2, 0) is 17.8 Å². The minimum absolute atomic E-state index is 0.160. The number of rotatable bonds is 4. The lowest BCUT2D eigenvalue weighted by molar-refractivity contribution is 0.0857. The largest absolute Gasteiger partial charge is 0.305 e. The first-order valence-corrected chi connectivity index (χ1v) is 4.41. The van der Waals surface area contributed by atoms with Gasteiger partial charge < -0.3 is 4.84 Å². The molecule has 1 rings (SSSR count). The fourth-order valence-corrected chi connectivity index (χ4v) is 1.19. The first-order chi connectivity index (χ1) is 6.69. The summed E-state index contributed by atoms with van der Waals surface area (Å²) in [5.41, 5.74) is 3.53. The minimum Gasteiger partial charge on any atom is -0.305 e. The van der Waals surface area contributed by atoms with Crippen LogP contribution in [0, 0.1) is 11.6 Å². The zero-order valence-electron chi connectivity index (χ0n) is 8.23. The maximum atomic E-state index is 13.2. The zero-order valence-corrected chi connectivity index (χ0v) is 8.23. The van der Waals surface area contributed by atoms with Crippen molar-refractivity contribution in [2.24, 2.45) is 0 Å². The molecule has 14 heavy (non-hydrogen) atoms. The van der Waals surface area contributed by atoms with Crippen molar-refractivity contribution in [3.63, 3.8) is 0 Å². The van der Waals surface area contributed by atoms with E-state index in [1.807, 2.05) is 6.92 Å². The molecule has 0 spiro atoms. The molecule has 0 bridgehead atoms. The monoisotopic (exact) mass is 201 g/mol. The topological polar surface area (TPSA) is 21.3 Å². The summed E-state index contributed by atoms with van der Waals surface area (Å²) >= 11 is 0. The molecule has 4 heteroatoms. The molecule has 0 radical (unpaired) electrons. The molecule has 0 saturated carbocycles. The van der Waals surface area contributed by atoms with Crippen LogP contribution in [0.5, 0.6) is 0 Å². The summed E-state index contributed by atoms with van der Waals surface area (Å²) in [5.74, 6) is -1.62. The van der Waals surface area contributed by atoms with Crippen LogP contribution >= 0.6 is 0 Å². The Hall–Kier alpha value is -1.00. The molecule has 0 heterocycles. The molecule has 0 amide bonds. The second-order valence-electron chi connectivity index (χ2n) is 2.93. The van der Waals surface area contributed by atoms with Gasteiger partial charge in [0.1, 0.15) is 0 Å². The molecular weight excluding hydrogens is 188 g/mol. The number of halogens is 2. The number of benzene rings is 1. The molecule has 0 unspecified atom stereocenters. The predicted molar refractivity (Wildman–Crippen MR) is 49.6 cm³/mol. The average Bonchev–Trinajstić information content (AvgIpc) is 2.20. The maximum Gasteiger partial charge on any atom is 0.163 e. The van der Waals surface area contributed by atoms with Gasteiger partial charge in [0.05, 0.1) is 7.11 Å². The molecule has 1 aromatic rings. The van der Waals surface area contributed by atoms with Crippen LogP contribution < -0.4 is 5.48 Å². The highest BCUT2D eigenvalue weighted by Gasteiger charge is 2.09. The molecule has 2 nitrogen and oxygen atoms in total. The van der Waals surface area contributed by atoms with E-state index in [-0.39, 0.29) is 12.1 Å². The Bertz CT molecular complexity index is 315. The summed E-state index contributed by atoms with van der Waals surface area (Å²) in [7, 11) is 1.43. The smallest absolute Gasteiger partial charge is 0.163 e. The van der Waals surface area contributed by atoms with Crippen molar-refractivity contribution in [1.29, 1.82) is 0 Å². The van der Waals surface area contributed by atoms with Crippen LogP contribution in [0.3, 0.4) is 0 Å². The predicted octanol–water partition coefficient (Wildman–Crippen LogP) is 2.18. The van der Waals surface area contributed by atoms with E-state index in [1.165, 1.54) is 13.2 Å². The van der Waals surface area contributed by atoms with Gasteiger partial charge in [-0.05, 0) is 18.1 Å². The minimum atomic E-state index is -0.813. The van der Waals surface area contributed by atoms with E-state index in [9.17, 15) is 8.78 Å². The van der Waals surface area contributed by atoms with Crippen LogP contribution in [0.15, 0.2) is 12.1 Å². The Balaban J connectivity index is 2.95. The quantitative estimate of drug-likeness (QED) is 0.754. The number of nitrogens with one attached hydrogen (secondary N) is 1. The average molecular weight is 201 g/mol. The molecule has 0 saturated heterocycles. The fraction of sp³-hybridized carbons (Fsp3) is 0.400. The lowest BCUT2D eigenvalue weighted by atomic mass is 10.1. The summed E-state index contributed by atoms with van der Waals surface area (Å²) in [6.07, 6.45) is 0.678. The van der Waals surface area contributed by atoms with Crippen molar-refractivity contribution in [2.75, 3.05) is 7.11 Å². The van der Waals surface area contributed by atoms with Gasteiger partial charge in [0, 0.05) is 12.1 Å². The third kappa shape index (κ3) is 2.49. The highest BCUT2D eigenvalue weighted by molar-refractivity contribution is 5.26. The van der Waals surface area contributed by atoms with Crippen molar-refractivity contribution in [3.8, 4) is 0 Å². The van der Waals surface area contributed by atoms with Gasteiger partial charge in [-0.25, -0.2) is 8.78 Å². The first kappa shape index (κ1) is 11.1. The van der Waals surface area contributed by atoms with Crippen LogP contribution in [0.25, 0.3) is 0 Å². The zero-order chi connectivity index (χ0) is 10.6. The molecule has 0 aliphatic carbocycles. The van der Waals surface area contributed by atoms with Gasteiger partial charge >= 0.3 is 0 Å². The van der Waals surface area contributed by atoms with Crippen molar-refractivity contribution in [1.82, 2.24) is 5.48 Å². The van der Waals surface area contributed by atoms with E-state index in [4.69, 9.17) is 0 Å². The SMILES string of the molecule is CCc1cc(F)c(F)c(CNOC)c1. The Morgan fingerprint density at radius 3 is 2.64 bits per heavy atom. The highest BCUT2D eigenvalue weighted by atomic mass is 19.2. The Kier molecular flexibility index (Phi) is 3.98. The summed E-state index contributed by atoms with van der Waals surface area (Å²) in [6, 6.07) is 2.84. The van der Waals surface area contributed by atoms with Crippen LogP contribution in [0.4, 0.5) is 8.78 Å².